The van der Waals surface area contributed by atoms with Crippen molar-refractivity contribution < 1.29 is 29.0 Å². The number of aliphatic carboxylic acids is 1. The van der Waals surface area contributed by atoms with Crippen LogP contribution in [0, 0.1) is 0 Å². The summed E-state index contributed by atoms with van der Waals surface area (Å²) in [7, 11) is 0. The van der Waals surface area contributed by atoms with Crippen LogP contribution in [0.4, 0.5) is 0 Å². The maximum atomic E-state index is 12.9. The van der Waals surface area contributed by atoms with E-state index in [1.165, 1.54) is 34.3 Å². The third kappa shape index (κ3) is 6.68. The zero-order chi connectivity index (χ0) is 29.1. The maximum Gasteiger partial charge on any atom is 0.352 e. The van der Waals surface area contributed by atoms with Crippen LogP contribution in [0.5, 0.6) is 17.2 Å². The molecular formula is C28H21Cl3N2O6S2. The van der Waals surface area contributed by atoms with Gasteiger partial charge in [0.1, 0.15) is 22.9 Å². The van der Waals surface area contributed by atoms with Crippen molar-refractivity contribution >= 4 is 75.7 Å². The van der Waals surface area contributed by atoms with Gasteiger partial charge in [-0.05, 0) is 59.8 Å². The van der Waals surface area contributed by atoms with Crippen LogP contribution in [0.25, 0.3) is 0 Å². The number of hydrogen-bond donors (Lipinski definition) is 2. The molecule has 2 atom stereocenters. The van der Waals surface area contributed by atoms with Crippen LogP contribution < -0.4 is 14.8 Å². The van der Waals surface area contributed by atoms with Crippen LogP contribution in [0.3, 0.4) is 0 Å². The van der Waals surface area contributed by atoms with Gasteiger partial charge in [0.05, 0.1) is 17.7 Å². The first kappa shape index (κ1) is 29.3. The summed E-state index contributed by atoms with van der Waals surface area (Å²) in [6.45, 7) is 0. The molecule has 1 saturated heterocycles. The number of thioether (sulfide) groups is 1. The lowest BCUT2D eigenvalue weighted by Gasteiger charge is -2.49. The number of thiophene rings is 1. The van der Waals surface area contributed by atoms with E-state index in [-0.39, 0.29) is 24.4 Å². The average Bonchev–Trinajstić information content (AvgIpc) is 3.44. The van der Waals surface area contributed by atoms with Crippen molar-refractivity contribution in [1.29, 1.82) is 0 Å². The molecule has 5 rings (SSSR count). The molecule has 1 unspecified atom stereocenters. The topological polar surface area (TPSA) is 105 Å². The average molecular weight is 652 g/mol. The molecule has 41 heavy (non-hydrogen) atoms. The Morgan fingerprint density at radius 2 is 1.83 bits per heavy atom. The summed E-state index contributed by atoms with van der Waals surface area (Å²) in [4.78, 5) is 39.6. The second kappa shape index (κ2) is 12.8. The predicted octanol–water partition coefficient (Wildman–Crippen LogP) is 6.76. The lowest BCUT2D eigenvalue weighted by molar-refractivity contribution is -0.150. The summed E-state index contributed by atoms with van der Waals surface area (Å²) in [5, 5.41) is 15.3. The zero-order valence-corrected chi connectivity index (χ0v) is 24.9. The van der Waals surface area contributed by atoms with Crippen molar-refractivity contribution in [3.05, 3.63) is 97.5 Å². The standard InChI is InChI=1S/C28H21Cl3N2O6S2/c29-16-5-7-20(19(31)11-16)39-21-8-6-17(30)12-22(21)38-9-1-3-15-14-41-27-24(26(35)33(27)25(15)28(36)37)32-23(34)13-18-4-2-10-40-18/h1-2,4-12,24,27H,3,13-14H2,(H,32,34)(H,36,37)/t24?,27-/m0/s1. The molecule has 212 valence electrons. The van der Waals surface area contributed by atoms with E-state index in [0.29, 0.717) is 43.6 Å². The van der Waals surface area contributed by atoms with Crippen molar-refractivity contribution in [2.75, 3.05) is 5.75 Å². The number of carbonyl (C=O) groups excluding carboxylic acids is 2. The van der Waals surface area contributed by atoms with Crippen molar-refractivity contribution in [1.82, 2.24) is 10.2 Å². The molecule has 2 amide bonds. The number of carbonyl (C=O) groups is 3. The number of nitrogens with zero attached hydrogens (tertiary/aromatic N) is 1. The third-order valence-electron chi connectivity index (χ3n) is 6.16. The molecule has 0 bridgehead atoms. The van der Waals surface area contributed by atoms with E-state index >= 15 is 0 Å². The molecule has 3 aromatic rings. The second-order valence-corrected chi connectivity index (χ2v) is 12.3. The zero-order valence-electron chi connectivity index (χ0n) is 21.0. The quantitative estimate of drug-likeness (QED) is 0.184. The lowest BCUT2D eigenvalue weighted by Crippen LogP contribution is -2.70. The molecule has 2 aromatic carbocycles. The number of β-lactam (4-membered cyclic amide) rings is 1. The van der Waals surface area contributed by atoms with Gasteiger partial charge in [-0.1, -0.05) is 40.9 Å². The summed E-state index contributed by atoms with van der Waals surface area (Å²) < 4.78 is 11.6. The molecular weight excluding hydrogens is 631 g/mol. The van der Waals surface area contributed by atoms with Crippen LogP contribution in [-0.4, -0.2) is 45.0 Å². The van der Waals surface area contributed by atoms with Gasteiger partial charge in [0.25, 0.3) is 5.91 Å². The summed E-state index contributed by atoms with van der Waals surface area (Å²) in [5.41, 5.74) is 0.474. The second-order valence-electron chi connectivity index (χ2n) is 8.93. The normalized spacial score (nSPS) is 18.2. The number of ether oxygens (including phenoxy) is 2. The van der Waals surface area contributed by atoms with E-state index in [0.717, 1.165) is 4.88 Å². The van der Waals surface area contributed by atoms with Crippen molar-refractivity contribution in [3.63, 3.8) is 0 Å². The Bertz CT molecular complexity index is 1560. The molecule has 0 radical (unpaired) electrons. The Balaban J connectivity index is 1.24. The first-order valence-corrected chi connectivity index (χ1v) is 15.2. The maximum absolute atomic E-state index is 12.9. The number of hydrogen-bond acceptors (Lipinski definition) is 7. The molecule has 1 aromatic heterocycles. The van der Waals surface area contributed by atoms with Gasteiger partial charge in [-0.2, -0.15) is 0 Å². The molecule has 2 N–H and O–H groups in total. The van der Waals surface area contributed by atoms with E-state index in [9.17, 15) is 19.5 Å². The van der Waals surface area contributed by atoms with E-state index in [1.807, 2.05) is 17.5 Å². The molecule has 1 fully saturated rings. The highest BCUT2D eigenvalue weighted by Gasteiger charge is 2.54. The Morgan fingerprint density at radius 1 is 1.07 bits per heavy atom. The number of allylic oxidation sites excluding steroid dienone is 1. The van der Waals surface area contributed by atoms with Crippen LogP contribution in [0.15, 0.2) is 77.5 Å². The van der Waals surface area contributed by atoms with Gasteiger partial charge in [0, 0.05) is 26.7 Å². The smallest absolute Gasteiger partial charge is 0.352 e. The van der Waals surface area contributed by atoms with E-state index in [2.05, 4.69) is 5.32 Å². The van der Waals surface area contributed by atoms with Gasteiger partial charge in [0.2, 0.25) is 5.91 Å². The number of rotatable bonds is 10. The number of benzene rings is 2. The highest BCUT2D eigenvalue weighted by molar-refractivity contribution is 8.00. The molecule has 0 spiro atoms. The van der Waals surface area contributed by atoms with Crippen LogP contribution >= 0.6 is 57.9 Å². The van der Waals surface area contributed by atoms with E-state index in [4.69, 9.17) is 44.3 Å². The number of amides is 2. The first-order valence-electron chi connectivity index (χ1n) is 12.2. The number of fused-ring (bicyclic) bond motifs is 1. The summed E-state index contributed by atoms with van der Waals surface area (Å²) in [6, 6.07) is 12.6. The fourth-order valence-electron chi connectivity index (χ4n) is 4.28. The Morgan fingerprint density at radius 3 is 2.54 bits per heavy atom. The Kier molecular flexibility index (Phi) is 9.16. The molecule has 0 aliphatic carbocycles. The third-order valence-corrected chi connectivity index (χ3v) is 9.14. The Labute approximate surface area is 258 Å². The highest BCUT2D eigenvalue weighted by Crippen LogP contribution is 2.42. The first-order chi connectivity index (χ1) is 19.7. The van der Waals surface area contributed by atoms with Gasteiger partial charge >= 0.3 is 5.97 Å². The minimum absolute atomic E-state index is 0.0729. The van der Waals surface area contributed by atoms with Gasteiger partial charge < -0.3 is 19.9 Å². The van der Waals surface area contributed by atoms with Gasteiger partial charge in [0.15, 0.2) is 11.5 Å². The predicted molar refractivity (Wildman–Crippen MR) is 160 cm³/mol. The minimum atomic E-state index is -1.21. The van der Waals surface area contributed by atoms with Gasteiger partial charge in [-0.15, -0.1) is 23.1 Å². The number of halogens is 3. The largest absolute Gasteiger partial charge is 0.477 e. The number of carboxylic acids is 1. The van der Waals surface area contributed by atoms with Crippen LogP contribution in [0.1, 0.15) is 11.3 Å². The molecule has 2 aliphatic heterocycles. The van der Waals surface area contributed by atoms with E-state index < -0.39 is 23.3 Å². The van der Waals surface area contributed by atoms with Crippen LogP contribution in [-0.2, 0) is 20.8 Å². The summed E-state index contributed by atoms with van der Waals surface area (Å²) >= 11 is 21.2. The van der Waals surface area contributed by atoms with E-state index in [1.54, 1.807) is 42.5 Å². The number of carboxylic acid groups (broad SMARTS) is 1. The highest BCUT2D eigenvalue weighted by atomic mass is 35.5. The van der Waals surface area contributed by atoms with Crippen LogP contribution in [0.2, 0.25) is 15.1 Å². The van der Waals surface area contributed by atoms with Gasteiger partial charge in [-0.25, -0.2) is 4.79 Å². The lowest BCUT2D eigenvalue weighted by atomic mass is 10.0. The van der Waals surface area contributed by atoms with Crippen molar-refractivity contribution in [2.24, 2.45) is 0 Å². The molecule has 8 nitrogen and oxygen atoms in total. The number of nitrogens with one attached hydrogen (secondary N) is 1. The summed E-state index contributed by atoms with van der Waals surface area (Å²) in [6.07, 6.45) is 3.43. The molecule has 13 heteroatoms. The van der Waals surface area contributed by atoms with Crippen molar-refractivity contribution in [3.8, 4) is 17.2 Å². The summed E-state index contributed by atoms with van der Waals surface area (Å²) in [5.74, 6) is -0.524. The fourth-order valence-corrected chi connectivity index (χ4v) is 6.96. The Hall–Kier alpha value is -3.15. The monoisotopic (exact) mass is 650 g/mol. The molecule has 0 saturated carbocycles. The van der Waals surface area contributed by atoms with Gasteiger partial charge in [-0.3, -0.25) is 14.5 Å². The fraction of sp³-hybridized carbons (Fsp3) is 0.179. The SMILES string of the molecule is O=C(Cc1cccs1)NC1C(=O)N2C(C(=O)O)=C(CC=COc3cc(Cl)ccc3Oc3ccc(Cl)cc3Cl)CS[C@@H]12. The minimum Gasteiger partial charge on any atom is -0.477 e. The molecule has 2 aliphatic rings. The molecule has 3 heterocycles. The van der Waals surface area contributed by atoms with Crippen molar-refractivity contribution in [2.45, 2.75) is 24.3 Å².